The van der Waals surface area contributed by atoms with Gasteiger partial charge in [-0.1, -0.05) is 38.5 Å². The van der Waals surface area contributed by atoms with Crippen LogP contribution in [-0.4, -0.2) is 6.54 Å². The molecule has 0 fully saturated rings. The quantitative estimate of drug-likeness (QED) is 0.660. The van der Waals surface area contributed by atoms with E-state index in [1.165, 1.54) is 28.8 Å². The summed E-state index contributed by atoms with van der Waals surface area (Å²) in [5.74, 6) is 0. The second-order valence-corrected chi connectivity index (χ2v) is 5.27. The third kappa shape index (κ3) is 1.52. The third-order valence-corrected chi connectivity index (χ3v) is 2.87. The molecular weight excluding hydrogens is 170 g/mol. The van der Waals surface area contributed by atoms with Crippen LogP contribution in [0.5, 0.6) is 0 Å². The van der Waals surface area contributed by atoms with E-state index in [-0.39, 0.29) is 5.41 Å². The molecule has 14 heavy (non-hydrogen) atoms. The summed E-state index contributed by atoms with van der Waals surface area (Å²) in [7, 11) is 0. The Kier molecular flexibility index (Phi) is 2.06. The van der Waals surface area contributed by atoms with Gasteiger partial charge in [0.2, 0.25) is 0 Å². The van der Waals surface area contributed by atoms with E-state index in [0.717, 1.165) is 6.54 Å². The van der Waals surface area contributed by atoms with Crippen LogP contribution in [0.4, 0.5) is 5.69 Å². The summed E-state index contributed by atoms with van der Waals surface area (Å²) in [6, 6.07) is 4.63. The fourth-order valence-electron chi connectivity index (χ4n) is 2.18. The van der Waals surface area contributed by atoms with Crippen molar-refractivity contribution >= 4 is 5.69 Å². The minimum absolute atomic E-state index is 0.243. The SMILES string of the molecule is Cc1cc2c(c(C(C)(C)C)c1)NCC2. The zero-order chi connectivity index (χ0) is 10.3. The van der Waals surface area contributed by atoms with Gasteiger partial charge in [0.1, 0.15) is 0 Å². The molecule has 1 aliphatic rings. The summed E-state index contributed by atoms with van der Waals surface area (Å²) in [6.45, 7) is 10.1. The van der Waals surface area contributed by atoms with Crippen molar-refractivity contribution in [1.29, 1.82) is 0 Å². The van der Waals surface area contributed by atoms with Crippen LogP contribution in [0.15, 0.2) is 12.1 Å². The minimum atomic E-state index is 0.243. The van der Waals surface area contributed by atoms with Crippen LogP contribution in [0, 0.1) is 6.92 Å². The van der Waals surface area contributed by atoms with Gasteiger partial charge in [0, 0.05) is 12.2 Å². The number of hydrogen-bond acceptors (Lipinski definition) is 1. The minimum Gasteiger partial charge on any atom is -0.384 e. The van der Waals surface area contributed by atoms with Gasteiger partial charge in [0.15, 0.2) is 0 Å². The lowest BCUT2D eigenvalue weighted by molar-refractivity contribution is 0.591. The smallest absolute Gasteiger partial charge is 0.0411 e. The van der Waals surface area contributed by atoms with Crippen LogP contribution in [0.1, 0.15) is 37.5 Å². The Labute approximate surface area is 86.5 Å². The molecule has 0 aromatic heterocycles. The van der Waals surface area contributed by atoms with Gasteiger partial charge in [-0.15, -0.1) is 0 Å². The number of fused-ring (bicyclic) bond motifs is 1. The maximum atomic E-state index is 3.50. The van der Waals surface area contributed by atoms with Crippen molar-refractivity contribution in [3.8, 4) is 0 Å². The maximum absolute atomic E-state index is 3.50. The Morgan fingerprint density at radius 2 is 1.93 bits per heavy atom. The molecule has 0 unspecified atom stereocenters. The number of aryl methyl sites for hydroxylation is 1. The van der Waals surface area contributed by atoms with Gasteiger partial charge in [0.05, 0.1) is 0 Å². The Hall–Kier alpha value is -0.980. The molecule has 0 atom stereocenters. The number of rotatable bonds is 0. The molecule has 1 N–H and O–H groups in total. The lowest BCUT2D eigenvalue weighted by Gasteiger charge is -2.23. The molecule has 1 nitrogen and oxygen atoms in total. The summed E-state index contributed by atoms with van der Waals surface area (Å²) in [5.41, 5.74) is 5.98. The van der Waals surface area contributed by atoms with Gasteiger partial charge in [-0.2, -0.15) is 0 Å². The molecular formula is C13H19N. The summed E-state index contributed by atoms with van der Waals surface area (Å²) < 4.78 is 0. The van der Waals surface area contributed by atoms with Crippen LogP contribution in [0.25, 0.3) is 0 Å². The molecule has 0 saturated heterocycles. The third-order valence-electron chi connectivity index (χ3n) is 2.87. The zero-order valence-corrected chi connectivity index (χ0v) is 9.57. The zero-order valence-electron chi connectivity index (χ0n) is 9.57. The number of hydrogen-bond donors (Lipinski definition) is 1. The highest BCUT2D eigenvalue weighted by Gasteiger charge is 2.22. The van der Waals surface area contributed by atoms with E-state index >= 15 is 0 Å². The van der Waals surface area contributed by atoms with Gasteiger partial charge in [0.25, 0.3) is 0 Å². The Morgan fingerprint density at radius 3 is 2.57 bits per heavy atom. The van der Waals surface area contributed by atoms with Crippen LogP contribution in [-0.2, 0) is 11.8 Å². The van der Waals surface area contributed by atoms with E-state index in [4.69, 9.17) is 0 Å². The number of nitrogens with one attached hydrogen (secondary N) is 1. The molecule has 0 amide bonds. The molecule has 1 heteroatoms. The van der Waals surface area contributed by atoms with Crippen molar-refractivity contribution in [3.63, 3.8) is 0 Å². The van der Waals surface area contributed by atoms with E-state index in [1.807, 2.05) is 0 Å². The van der Waals surface area contributed by atoms with Gasteiger partial charge in [-0.05, 0) is 29.9 Å². The second-order valence-electron chi connectivity index (χ2n) is 5.27. The molecule has 1 aliphatic heterocycles. The molecule has 2 rings (SSSR count). The normalized spacial score (nSPS) is 15.1. The molecule has 1 aromatic carbocycles. The predicted molar refractivity (Wildman–Crippen MR) is 62.1 cm³/mol. The molecule has 0 radical (unpaired) electrons. The van der Waals surface area contributed by atoms with Crippen molar-refractivity contribution in [2.75, 3.05) is 11.9 Å². The van der Waals surface area contributed by atoms with Gasteiger partial charge < -0.3 is 5.32 Å². The van der Waals surface area contributed by atoms with Crippen molar-refractivity contribution in [3.05, 3.63) is 28.8 Å². The van der Waals surface area contributed by atoms with Crippen LogP contribution in [0.3, 0.4) is 0 Å². The molecule has 1 heterocycles. The van der Waals surface area contributed by atoms with Crippen molar-refractivity contribution in [2.45, 2.75) is 39.5 Å². The second kappa shape index (κ2) is 3.01. The fourth-order valence-corrected chi connectivity index (χ4v) is 2.18. The predicted octanol–water partition coefficient (Wildman–Crippen LogP) is 3.26. The lowest BCUT2D eigenvalue weighted by atomic mass is 9.84. The first-order valence-corrected chi connectivity index (χ1v) is 5.36. The van der Waals surface area contributed by atoms with Crippen molar-refractivity contribution < 1.29 is 0 Å². The highest BCUT2D eigenvalue weighted by molar-refractivity contribution is 5.64. The first kappa shape index (κ1) is 9.57. The first-order valence-electron chi connectivity index (χ1n) is 5.36. The number of benzene rings is 1. The highest BCUT2D eigenvalue weighted by Crippen LogP contribution is 2.35. The largest absolute Gasteiger partial charge is 0.384 e. The average Bonchev–Trinajstić information content (AvgIpc) is 2.47. The molecule has 1 aromatic rings. The Balaban J connectivity index is 2.60. The van der Waals surface area contributed by atoms with Gasteiger partial charge >= 0.3 is 0 Å². The molecule has 0 bridgehead atoms. The van der Waals surface area contributed by atoms with Crippen LogP contribution < -0.4 is 5.32 Å². The molecule has 76 valence electrons. The number of anilines is 1. The van der Waals surface area contributed by atoms with Crippen LogP contribution in [0.2, 0.25) is 0 Å². The van der Waals surface area contributed by atoms with E-state index in [0.29, 0.717) is 0 Å². The van der Waals surface area contributed by atoms with E-state index in [2.05, 4.69) is 45.1 Å². The van der Waals surface area contributed by atoms with Crippen molar-refractivity contribution in [2.24, 2.45) is 0 Å². The lowest BCUT2D eigenvalue weighted by Crippen LogP contribution is -2.14. The summed E-state index contributed by atoms with van der Waals surface area (Å²) >= 11 is 0. The van der Waals surface area contributed by atoms with Gasteiger partial charge in [-0.25, -0.2) is 0 Å². The van der Waals surface area contributed by atoms with E-state index < -0.39 is 0 Å². The summed E-state index contributed by atoms with van der Waals surface area (Å²) in [6.07, 6.45) is 1.18. The highest BCUT2D eigenvalue weighted by atomic mass is 14.9. The first-order chi connectivity index (χ1) is 6.48. The van der Waals surface area contributed by atoms with Crippen LogP contribution >= 0.6 is 0 Å². The summed E-state index contributed by atoms with van der Waals surface area (Å²) in [4.78, 5) is 0. The average molecular weight is 189 g/mol. The molecule has 0 spiro atoms. The van der Waals surface area contributed by atoms with E-state index in [1.54, 1.807) is 0 Å². The Morgan fingerprint density at radius 1 is 1.21 bits per heavy atom. The standard InChI is InChI=1S/C13H19N/c1-9-7-10-5-6-14-12(10)11(8-9)13(2,3)4/h7-8,14H,5-6H2,1-4H3. The topological polar surface area (TPSA) is 12.0 Å². The molecule has 0 saturated carbocycles. The summed E-state index contributed by atoms with van der Waals surface area (Å²) in [5, 5.41) is 3.50. The van der Waals surface area contributed by atoms with Crippen molar-refractivity contribution in [1.82, 2.24) is 0 Å². The van der Waals surface area contributed by atoms with Gasteiger partial charge in [-0.3, -0.25) is 0 Å². The maximum Gasteiger partial charge on any atom is 0.0411 e. The fraction of sp³-hybridized carbons (Fsp3) is 0.538. The van der Waals surface area contributed by atoms with E-state index in [9.17, 15) is 0 Å². The Bertz CT molecular complexity index is 358. The molecule has 0 aliphatic carbocycles. The monoisotopic (exact) mass is 189 g/mol.